The highest BCUT2D eigenvalue weighted by atomic mass is 16.4. The third-order valence-corrected chi connectivity index (χ3v) is 3.77. The molecule has 0 aliphatic rings. The molecule has 2 aromatic rings. The van der Waals surface area contributed by atoms with Crippen molar-refractivity contribution in [1.82, 2.24) is 10.3 Å². The highest BCUT2D eigenvalue weighted by Crippen LogP contribution is 2.30. The van der Waals surface area contributed by atoms with Gasteiger partial charge in [-0.05, 0) is 24.1 Å². The van der Waals surface area contributed by atoms with Gasteiger partial charge in [0.25, 0.3) is 0 Å². The van der Waals surface area contributed by atoms with Crippen LogP contribution >= 0.6 is 0 Å². The van der Waals surface area contributed by atoms with E-state index in [1.54, 1.807) is 12.1 Å². The van der Waals surface area contributed by atoms with Gasteiger partial charge in [-0.3, -0.25) is 9.59 Å². The van der Waals surface area contributed by atoms with Crippen molar-refractivity contribution >= 4 is 16.9 Å². The van der Waals surface area contributed by atoms with Crippen molar-refractivity contribution in [2.45, 2.75) is 45.4 Å². The van der Waals surface area contributed by atoms with Crippen molar-refractivity contribution < 1.29 is 20.1 Å². The summed E-state index contributed by atoms with van der Waals surface area (Å²) < 4.78 is 0. The summed E-state index contributed by atoms with van der Waals surface area (Å²) in [7, 11) is 0. The summed E-state index contributed by atoms with van der Waals surface area (Å²) in [4.78, 5) is 23.3. The Kier molecular flexibility index (Phi) is 8.24. The van der Waals surface area contributed by atoms with E-state index in [0.717, 1.165) is 6.42 Å². The Balaban J connectivity index is 0.000000597. The predicted octanol–water partition coefficient (Wildman–Crippen LogP) is 1.07. The molecule has 2 atom stereocenters. The highest BCUT2D eigenvalue weighted by molar-refractivity contribution is 5.87. The first-order valence-electron chi connectivity index (χ1n) is 8.42. The molecule has 2 unspecified atom stereocenters. The van der Waals surface area contributed by atoms with Crippen molar-refractivity contribution in [3.63, 3.8) is 0 Å². The molecule has 0 aliphatic carbocycles. The number of H-pyrrole nitrogens is 1. The summed E-state index contributed by atoms with van der Waals surface area (Å²) >= 11 is 0. The number of aliphatic hydroxyl groups excluding tert-OH is 1. The smallest absolute Gasteiger partial charge is 0.317 e. The molecule has 144 valence electrons. The van der Waals surface area contributed by atoms with Crippen molar-refractivity contribution in [1.29, 1.82) is 0 Å². The third-order valence-electron chi connectivity index (χ3n) is 3.77. The van der Waals surface area contributed by atoms with Gasteiger partial charge in [-0.1, -0.05) is 26.8 Å². The number of hydrogen-bond acceptors (Lipinski definition) is 6. The minimum Gasteiger partial charge on any atom is -0.506 e. The predicted molar refractivity (Wildman–Crippen MR) is 100 cm³/mol. The van der Waals surface area contributed by atoms with E-state index in [-0.39, 0.29) is 29.9 Å². The SMILES string of the molecule is CCC(NC(C)C)C(O)c1ccc(O)c2[nH]c(=O)ccc12.NCC(=O)O. The van der Waals surface area contributed by atoms with E-state index in [1.165, 1.54) is 12.1 Å². The molecule has 7 N–H and O–H groups in total. The molecule has 0 amide bonds. The van der Waals surface area contributed by atoms with E-state index in [2.05, 4.69) is 16.0 Å². The summed E-state index contributed by atoms with van der Waals surface area (Å²) in [6.07, 6.45) is 0.0526. The number of hydrogen-bond donors (Lipinski definition) is 6. The van der Waals surface area contributed by atoms with Crippen LogP contribution in [0.3, 0.4) is 0 Å². The topological polar surface area (TPSA) is 149 Å². The zero-order valence-corrected chi connectivity index (χ0v) is 15.2. The second-order valence-electron chi connectivity index (χ2n) is 6.16. The molecule has 0 aliphatic heterocycles. The molecular weight excluding hydrogens is 338 g/mol. The third kappa shape index (κ3) is 5.83. The average Bonchev–Trinajstić information content (AvgIpc) is 2.60. The molecule has 8 nitrogen and oxygen atoms in total. The van der Waals surface area contributed by atoms with Crippen LogP contribution in [0.2, 0.25) is 0 Å². The zero-order valence-electron chi connectivity index (χ0n) is 15.2. The molecule has 0 saturated heterocycles. The molecule has 1 aromatic heterocycles. The lowest BCUT2D eigenvalue weighted by Gasteiger charge is -2.26. The summed E-state index contributed by atoms with van der Waals surface area (Å²) in [6.45, 7) is 5.79. The van der Waals surface area contributed by atoms with E-state index in [0.29, 0.717) is 16.5 Å². The maximum Gasteiger partial charge on any atom is 0.317 e. The van der Waals surface area contributed by atoms with Crippen molar-refractivity contribution in [2.75, 3.05) is 6.54 Å². The van der Waals surface area contributed by atoms with Crippen LogP contribution in [0.25, 0.3) is 10.9 Å². The molecule has 0 bridgehead atoms. The fraction of sp³-hybridized carbons (Fsp3) is 0.444. The van der Waals surface area contributed by atoms with Crippen LogP contribution in [0.1, 0.15) is 38.9 Å². The average molecular weight is 365 g/mol. The quantitative estimate of drug-likeness (QED) is 0.448. The van der Waals surface area contributed by atoms with Crippen molar-refractivity contribution in [3.05, 3.63) is 40.2 Å². The second kappa shape index (κ2) is 9.91. The van der Waals surface area contributed by atoms with Crippen LogP contribution in [-0.2, 0) is 4.79 Å². The number of aliphatic hydroxyl groups is 1. The van der Waals surface area contributed by atoms with E-state index < -0.39 is 12.1 Å². The number of carbonyl (C=O) groups is 1. The number of carboxylic acids is 1. The number of phenols is 1. The first-order valence-corrected chi connectivity index (χ1v) is 8.42. The summed E-state index contributed by atoms with van der Waals surface area (Å²) in [6, 6.07) is 6.39. The monoisotopic (exact) mass is 365 g/mol. The van der Waals surface area contributed by atoms with Gasteiger partial charge in [-0.2, -0.15) is 0 Å². The molecule has 8 heteroatoms. The Morgan fingerprint density at radius 3 is 2.38 bits per heavy atom. The van der Waals surface area contributed by atoms with Gasteiger partial charge in [0, 0.05) is 23.5 Å². The maximum absolute atomic E-state index is 11.4. The molecule has 1 heterocycles. The van der Waals surface area contributed by atoms with Gasteiger partial charge in [0.15, 0.2) is 0 Å². The Labute approximate surface area is 151 Å². The number of pyridine rings is 1. The summed E-state index contributed by atoms with van der Waals surface area (Å²) in [5.74, 6) is -0.964. The molecule has 26 heavy (non-hydrogen) atoms. The first kappa shape index (κ1) is 21.6. The summed E-state index contributed by atoms with van der Waals surface area (Å²) in [5.41, 5.74) is 5.34. The Morgan fingerprint density at radius 1 is 1.27 bits per heavy atom. The fourth-order valence-electron chi connectivity index (χ4n) is 2.59. The van der Waals surface area contributed by atoms with Gasteiger partial charge < -0.3 is 31.4 Å². The molecule has 0 radical (unpaired) electrons. The maximum atomic E-state index is 11.4. The van der Waals surface area contributed by atoms with Gasteiger partial charge in [0.2, 0.25) is 5.56 Å². The van der Waals surface area contributed by atoms with Crippen LogP contribution in [0.15, 0.2) is 29.1 Å². The normalized spacial score (nSPS) is 13.2. The molecule has 0 saturated carbocycles. The number of aromatic nitrogens is 1. The van der Waals surface area contributed by atoms with Gasteiger partial charge in [-0.25, -0.2) is 0 Å². The largest absolute Gasteiger partial charge is 0.506 e. The Morgan fingerprint density at radius 2 is 1.88 bits per heavy atom. The van der Waals surface area contributed by atoms with Crippen molar-refractivity contribution in [2.24, 2.45) is 5.73 Å². The highest BCUT2D eigenvalue weighted by Gasteiger charge is 2.22. The number of aliphatic carboxylic acids is 1. The van der Waals surface area contributed by atoms with Gasteiger partial charge in [0.1, 0.15) is 5.75 Å². The van der Waals surface area contributed by atoms with E-state index in [1.807, 2.05) is 20.8 Å². The number of aromatic amines is 1. The van der Waals surface area contributed by atoms with Crippen LogP contribution in [0.4, 0.5) is 0 Å². The minimum absolute atomic E-state index is 0.00326. The lowest BCUT2D eigenvalue weighted by Crippen LogP contribution is -2.39. The standard InChI is InChI=1S/C16H22N2O3.C2H5NO2/c1-4-12(17-9(2)3)16(21)11-5-7-13(19)15-10(11)6-8-14(20)18-15;3-1-2(4)5/h5-9,12,16-17,19,21H,4H2,1-3H3,(H,18,20);1,3H2,(H,4,5). The van der Waals surface area contributed by atoms with Crippen molar-refractivity contribution in [3.8, 4) is 5.75 Å². The zero-order chi connectivity index (χ0) is 19.9. The fourth-order valence-corrected chi connectivity index (χ4v) is 2.59. The molecular formula is C18H27N3O5. The number of nitrogens with two attached hydrogens (primary N) is 1. The van der Waals surface area contributed by atoms with Gasteiger partial charge in [-0.15, -0.1) is 0 Å². The Hall–Kier alpha value is -2.42. The van der Waals surface area contributed by atoms with Gasteiger partial charge >= 0.3 is 5.97 Å². The van der Waals surface area contributed by atoms with Gasteiger partial charge in [0.05, 0.1) is 18.2 Å². The molecule has 0 fully saturated rings. The minimum atomic E-state index is -0.968. The lowest BCUT2D eigenvalue weighted by molar-refractivity contribution is -0.135. The number of fused-ring (bicyclic) bond motifs is 1. The number of aromatic hydroxyl groups is 1. The summed E-state index contributed by atoms with van der Waals surface area (Å²) in [5, 5.41) is 32.1. The van der Waals surface area contributed by atoms with Crippen LogP contribution < -0.4 is 16.6 Å². The number of rotatable bonds is 6. The number of carboxylic acid groups (broad SMARTS) is 1. The second-order valence-corrected chi connectivity index (χ2v) is 6.16. The number of benzene rings is 1. The van der Waals surface area contributed by atoms with E-state index in [4.69, 9.17) is 5.11 Å². The van der Waals surface area contributed by atoms with Crippen LogP contribution in [0, 0.1) is 0 Å². The first-order chi connectivity index (χ1) is 12.2. The number of nitrogens with one attached hydrogen (secondary N) is 2. The van der Waals surface area contributed by atoms with E-state index >= 15 is 0 Å². The van der Waals surface area contributed by atoms with Crippen LogP contribution in [-0.4, -0.2) is 44.9 Å². The molecule has 0 spiro atoms. The number of phenolic OH excluding ortho intramolecular Hbond substituents is 1. The lowest BCUT2D eigenvalue weighted by atomic mass is 9.95. The van der Waals surface area contributed by atoms with Crippen LogP contribution in [0.5, 0.6) is 5.75 Å². The van der Waals surface area contributed by atoms with E-state index in [9.17, 15) is 19.8 Å². The molecule has 1 aromatic carbocycles. The Bertz CT molecular complexity index is 788. The molecule has 2 rings (SSSR count).